The van der Waals surface area contributed by atoms with Crippen molar-refractivity contribution in [1.82, 2.24) is 30.2 Å². The lowest BCUT2D eigenvalue weighted by Crippen LogP contribution is -2.25. The Morgan fingerprint density at radius 1 is 1.00 bits per heavy atom. The Balaban J connectivity index is 1.63. The Bertz CT molecular complexity index is 538. The van der Waals surface area contributed by atoms with Crippen LogP contribution in [0.15, 0.2) is 12.7 Å². The summed E-state index contributed by atoms with van der Waals surface area (Å²) < 4.78 is 1.99. The van der Waals surface area contributed by atoms with Crippen molar-refractivity contribution in [2.45, 2.75) is 19.4 Å². The molecule has 0 aromatic carbocycles. The average molecular weight is 292 g/mol. The van der Waals surface area contributed by atoms with E-state index in [9.17, 15) is 0 Å². The fraction of sp³-hybridized carbons (Fsp3) is 0.615. The third kappa shape index (κ3) is 4.62. The summed E-state index contributed by atoms with van der Waals surface area (Å²) in [7, 11) is 0. The summed E-state index contributed by atoms with van der Waals surface area (Å²) in [5.41, 5.74) is 12.6. The van der Waals surface area contributed by atoms with E-state index in [1.165, 1.54) is 6.33 Å². The van der Waals surface area contributed by atoms with Gasteiger partial charge in [-0.1, -0.05) is 0 Å². The van der Waals surface area contributed by atoms with E-state index < -0.39 is 0 Å². The van der Waals surface area contributed by atoms with Gasteiger partial charge in [0.1, 0.15) is 11.8 Å². The average Bonchev–Trinajstić information content (AvgIpc) is 2.90. The van der Waals surface area contributed by atoms with E-state index in [1.54, 1.807) is 6.33 Å². The number of rotatable bonds is 10. The number of aromatic nitrogens is 4. The SMILES string of the molecule is NCCCNCCCNCCn1cnc2c(N)ncnc21. The van der Waals surface area contributed by atoms with E-state index in [4.69, 9.17) is 11.5 Å². The van der Waals surface area contributed by atoms with Crippen LogP contribution in [0, 0.1) is 0 Å². The molecule has 21 heavy (non-hydrogen) atoms. The van der Waals surface area contributed by atoms with Crippen LogP contribution in [0.1, 0.15) is 12.8 Å². The van der Waals surface area contributed by atoms with Gasteiger partial charge >= 0.3 is 0 Å². The number of nitrogen functional groups attached to an aromatic ring is 1. The van der Waals surface area contributed by atoms with E-state index in [2.05, 4.69) is 25.6 Å². The van der Waals surface area contributed by atoms with E-state index >= 15 is 0 Å². The van der Waals surface area contributed by atoms with Crippen LogP contribution in [-0.2, 0) is 6.54 Å². The maximum absolute atomic E-state index is 5.76. The van der Waals surface area contributed by atoms with Crippen LogP contribution in [0.2, 0.25) is 0 Å². The van der Waals surface area contributed by atoms with E-state index in [1.807, 2.05) is 4.57 Å². The summed E-state index contributed by atoms with van der Waals surface area (Å²) in [5.74, 6) is 0.426. The molecular formula is C13H24N8. The molecule has 0 aliphatic rings. The van der Waals surface area contributed by atoms with Crippen LogP contribution >= 0.6 is 0 Å². The number of fused-ring (bicyclic) bond motifs is 1. The van der Waals surface area contributed by atoms with Gasteiger partial charge in [-0.25, -0.2) is 15.0 Å². The number of nitrogens with zero attached hydrogens (tertiary/aromatic N) is 4. The van der Waals surface area contributed by atoms with Gasteiger partial charge < -0.3 is 26.7 Å². The van der Waals surface area contributed by atoms with Crippen LogP contribution in [0.3, 0.4) is 0 Å². The van der Waals surface area contributed by atoms with Gasteiger partial charge in [0.05, 0.1) is 6.33 Å². The molecule has 8 heteroatoms. The van der Waals surface area contributed by atoms with Crippen LogP contribution in [0.25, 0.3) is 11.2 Å². The molecule has 116 valence electrons. The Kier molecular flexibility index (Phi) is 6.32. The molecule has 2 rings (SSSR count). The topological polar surface area (TPSA) is 120 Å². The van der Waals surface area contributed by atoms with Gasteiger partial charge in [-0.2, -0.15) is 0 Å². The number of hydrogen-bond donors (Lipinski definition) is 4. The maximum atomic E-state index is 5.76. The lowest BCUT2D eigenvalue weighted by atomic mass is 10.4. The van der Waals surface area contributed by atoms with Gasteiger partial charge in [-0.05, 0) is 39.0 Å². The zero-order valence-electron chi connectivity index (χ0n) is 12.3. The lowest BCUT2D eigenvalue weighted by molar-refractivity contribution is 0.561. The molecule has 0 aliphatic carbocycles. The first kappa shape index (κ1) is 15.6. The molecule has 6 N–H and O–H groups in total. The quantitative estimate of drug-likeness (QED) is 0.428. The van der Waals surface area contributed by atoms with Crippen LogP contribution in [0.5, 0.6) is 0 Å². The van der Waals surface area contributed by atoms with Crippen molar-refractivity contribution in [3.63, 3.8) is 0 Å². The minimum absolute atomic E-state index is 0.426. The minimum Gasteiger partial charge on any atom is -0.382 e. The highest BCUT2D eigenvalue weighted by Crippen LogP contribution is 2.13. The molecule has 0 unspecified atom stereocenters. The monoisotopic (exact) mass is 292 g/mol. The third-order valence-electron chi connectivity index (χ3n) is 3.22. The molecule has 0 bridgehead atoms. The largest absolute Gasteiger partial charge is 0.382 e. The number of nitrogens with two attached hydrogens (primary N) is 2. The lowest BCUT2D eigenvalue weighted by Gasteiger charge is -2.07. The molecule has 8 nitrogen and oxygen atoms in total. The van der Waals surface area contributed by atoms with Crippen molar-refractivity contribution in [3.8, 4) is 0 Å². The first-order valence-electron chi connectivity index (χ1n) is 7.35. The highest BCUT2D eigenvalue weighted by Gasteiger charge is 2.06. The predicted octanol–water partition coefficient (Wildman–Crippen LogP) is -0.673. The van der Waals surface area contributed by atoms with Crippen LogP contribution in [0.4, 0.5) is 5.82 Å². The Morgan fingerprint density at radius 3 is 2.57 bits per heavy atom. The number of hydrogen-bond acceptors (Lipinski definition) is 7. The molecular weight excluding hydrogens is 268 g/mol. The van der Waals surface area contributed by atoms with Crippen molar-refractivity contribution in [2.24, 2.45) is 5.73 Å². The predicted molar refractivity (Wildman–Crippen MR) is 83.8 cm³/mol. The van der Waals surface area contributed by atoms with Gasteiger partial charge in [-0.3, -0.25) is 0 Å². The smallest absolute Gasteiger partial charge is 0.165 e. The fourth-order valence-corrected chi connectivity index (χ4v) is 2.08. The van der Waals surface area contributed by atoms with Crippen LogP contribution < -0.4 is 22.1 Å². The summed E-state index contributed by atoms with van der Waals surface area (Å²) in [6, 6.07) is 0. The summed E-state index contributed by atoms with van der Waals surface area (Å²) in [6.07, 6.45) is 5.36. The normalized spacial score (nSPS) is 11.3. The molecule has 0 amide bonds. The van der Waals surface area contributed by atoms with Crippen molar-refractivity contribution in [1.29, 1.82) is 0 Å². The number of nitrogens with one attached hydrogen (secondary N) is 2. The van der Waals surface area contributed by atoms with Gasteiger partial charge in [0.15, 0.2) is 11.5 Å². The third-order valence-corrected chi connectivity index (χ3v) is 3.22. The Morgan fingerprint density at radius 2 is 1.76 bits per heavy atom. The molecule has 0 radical (unpaired) electrons. The number of imidazole rings is 1. The van der Waals surface area contributed by atoms with Gasteiger partial charge in [0, 0.05) is 13.1 Å². The Labute approximate surface area is 124 Å². The van der Waals surface area contributed by atoms with Gasteiger partial charge in [0.25, 0.3) is 0 Å². The second-order valence-corrected chi connectivity index (χ2v) is 4.86. The summed E-state index contributed by atoms with van der Waals surface area (Å²) in [5, 5.41) is 6.76. The van der Waals surface area contributed by atoms with Crippen molar-refractivity contribution in [3.05, 3.63) is 12.7 Å². The first-order valence-corrected chi connectivity index (χ1v) is 7.35. The first-order chi connectivity index (χ1) is 10.3. The van der Waals surface area contributed by atoms with E-state index in [0.717, 1.165) is 57.8 Å². The molecule has 2 aromatic rings. The fourth-order valence-electron chi connectivity index (χ4n) is 2.08. The van der Waals surface area contributed by atoms with Crippen LogP contribution in [-0.4, -0.2) is 52.2 Å². The van der Waals surface area contributed by atoms with Crippen molar-refractivity contribution < 1.29 is 0 Å². The summed E-state index contributed by atoms with van der Waals surface area (Å²) in [6.45, 7) is 5.44. The highest BCUT2D eigenvalue weighted by molar-refractivity contribution is 5.80. The van der Waals surface area contributed by atoms with Crippen molar-refractivity contribution >= 4 is 17.0 Å². The van der Waals surface area contributed by atoms with E-state index in [-0.39, 0.29) is 0 Å². The second-order valence-electron chi connectivity index (χ2n) is 4.86. The zero-order chi connectivity index (χ0) is 14.9. The molecule has 2 heterocycles. The van der Waals surface area contributed by atoms with E-state index in [0.29, 0.717) is 11.3 Å². The number of anilines is 1. The zero-order valence-corrected chi connectivity index (χ0v) is 12.3. The Hall–Kier alpha value is -1.77. The highest BCUT2D eigenvalue weighted by atomic mass is 15.1. The van der Waals surface area contributed by atoms with Gasteiger partial charge in [0.2, 0.25) is 0 Å². The summed E-state index contributed by atoms with van der Waals surface area (Å²) >= 11 is 0. The molecule has 2 aromatic heterocycles. The second kappa shape index (κ2) is 8.50. The molecule has 0 saturated carbocycles. The molecule has 0 fully saturated rings. The molecule has 0 atom stereocenters. The van der Waals surface area contributed by atoms with Gasteiger partial charge in [-0.15, -0.1) is 0 Å². The standard InChI is InChI=1S/C13H24N8/c14-3-1-4-16-5-2-6-17-7-8-21-10-20-11-12(15)18-9-19-13(11)21/h9-10,16-17H,1-8,14H2,(H2,15,18,19). The molecule has 0 saturated heterocycles. The minimum atomic E-state index is 0.426. The molecule has 0 aliphatic heterocycles. The van der Waals surface area contributed by atoms with Crippen molar-refractivity contribution in [2.75, 3.05) is 38.5 Å². The summed E-state index contributed by atoms with van der Waals surface area (Å²) in [4.78, 5) is 12.4. The maximum Gasteiger partial charge on any atom is 0.165 e. The molecule has 0 spiro atoms.